The van der Waals surface area contributed by atoms with Crippen LogP contribution in [0.25, 0.3) is 0 Å². The van der Waals surface area contributed by atoms with Gasteiger partial charge in [-0.05, 0) is 13.8 Å². The monoisotopic (exact) mass is 248 g/mol. The quantitative estimate of drug-likeness (QED) is 0.850. The summed E-state index contributed by atoms with van der Waals surface area (Å²) in [5, 5.41) is 10.8. The van der Waals surface area contributed by atoms with E-state index in [-0.39, 0.29) is 6.10 Å². The minimum atomic E-state index is 0.0893. The lowest BCUT2D eigenvalue weighted by molar-refractivity contribution is 0.232. The number of anilines is 1. The summed E-state index contributed by atoms with van der Waals surface area (Å²) in [5.74, 6) is 1.88. The van der Waals surface area contributed by atoms with Gasteiger partial charge in [-0.25, -0.2) is 4.98 Å². The predicted molar refractivity (Wildman–Crippen MR) is 66.1 cm³/mol. The minimum Gasteiger partial charge on any atom is -0.475 e. The molecule has 0 spiro atoms. The lowest BCUT2D eigenvalue weighted by Gasteiger charge is -2.09. The van der Waals surface area contributed by atoms with Crippen molar-refractivity contribution < 1.29 is 4.74 Å². The van der Waals surface area contributed by atoms with Crippen molar-refractivity contribution >= 4 is 5.95 Å². The van der Waals surface area contributed by atoms with Crippen LogP contribution in [0.2, 0.25) is 0 Å². The van der Waals surface area contributed by atoms with Crippen molar-refractivity contribution in [1.29, 1.82) is 0 Å². The average Bonchev–Trinajstić information content (AvgIpc) is 2.72. The molecule has 0 aromatic carbocycles. The van der Waals surface area contributed by atoms with Crippen molar-refractivity contribution in [3.8, 4) is 5.88 Å². The summed E-state index contributed by atoms with van der Waals surface area (Å²) >= 11 is 0. The molecule has 0 amide bonds. The predicted octanol–water partition coefficient (Wildman–Crippen LogP) is 1.00. The van der Waals surface area contributed by atoms with Crippen LogP contribution in [0.15, 0.2) is 18.6 Å². The first kappa shape index (κ1) is 12.3. The zero-order valence-corrected chi connectivity index (χ0v) is 10.7. The fourth-order valence-electron chi connectivity index (χ4n) is 1.36. The molecule has 0 bridgehead atoms. The van der Waals surface area contributed by atoms with E-state index in [1.807, 2.05) is 25.5 Å². The number of hydrogen-bond donors (Lipinski definition) is 1. The third-order valence-corrected chi connectivity index (χ3v) is 2.20. The van der Waals surface area contributed by atoms with Crippen LogP contribution >= 0.6 is 0 Å². The van der Waals surface area contributed by atoms with Crippen molar-refractivity contribution in [2.75, 3.05) is 5.32 Å². The first-order valence-corrected chi connectivity index (χ1v) is 5.71. The van der Waals surface area contributed by atoms with E-state index in [0.717, 1.165) is 5.82 Å². The van der Waals surface area contributed by atoms with Crippen molar-refractivity contribution in [3.63, 3.8) is 0 Å². The highest BCUT2D eigenvalue weighted by Crippen LogP contribution is 2.10. The highest BCUT2D eigenvalue weighted by Gasteiger charge is 2.04. The Bertz CT molecular complexity index is 510. The van der Waals surface area contributed by atoms with Gasteiger partial charge >= 0.3 is 0 Å². The van der Waals surface area contributed by atoms with Crippen LogP contribution in [0.3, 0.4) is 0 Å². The van der Waals surface area contributed by atoms with E-state index in [1.165, 1.54) is 0 Å². The fourth-order valence-corrected chi connectivity index (χ4v) is 1.36. The summed E-state index contributed by atoms with van der Waals surface area (Å²) in [4.78, 5) is 8.36. The van der Waals surface area contributed by atoms with Gasteiger partial charge in [-0.3, -0.25) is 0 Å². The number of nitrogens with zero attached hydrogens (tertiary/aromatic N) is 5. The van der Waals surface area contributed by atoms with Gasteiger partial charge in [0.15, 0.2) is 5.82 Å². The van der Waals surface area contributed by atoms with Crippen LogP contribution in [0, 0.1) is 0 Å². The largest absolute Gasteiger partial charge is 0.475 e. The molecule has 2 rings (SSSR count). The molecule has 96 valence electrons. The number of ether oxygens (including phenoxy) is 1. The third-order valence-electron chi connectivity index (χ3n) is 2.20. The molecule has 0 saturated carbocycles. The maximum atomic E-state index is 5.49. The average molecular weight is 248 g/mol. The van der Waals surface area contributed by atoms with Crippen LogP contribution < -0.4 is 10.1 Å². The van der Waals surface area contributed by atoms with Gasteiger partial charge in [0.05, 0.1) is 12.6 Å². The van der Waals surface area contributed by atoms with Gasteiger partial charge in [-0.1, -0.05) is 0 Å². The minimum absolute atomic E-state index is 0.0893. The van der Waals surface area contributed by atoms with Gasteiger partial charge in [-0.15, -0.1) is 10.2 Å². The second-order valence-corrected chi connectivity index (χ2v) is 4.10. The Labute approximate surface area is 105 Å². The molecular weight excluding hydrogens is 232 g/mol. The van der Waals surface area contributed by atoms with Gasteiger partial charge in [0.1, 0.15) is 6.33 Å². The Balaban J connectivity index is 1.99. The number of nitrogens with one attached hydrogen (secondary N) is 1. The normalized spacial score (nSPS) is 10.7. The maximum Gasteiger partial charge on any atom is 0.226 e. The number of rotatable bonds is 5. The fraction of sp³-hybridized carbons (Fsp3) is 0.455. The summed E-state index contributed by atoms with van der Waals surface area (Å²) in [6.45, 7) is 4.42. The number of hydrogen-bond acceptors (Lipinski definition) is 6. The summed E-state index contributed by atoms with van der Waals surface area (Å²) in [5.41, 5.74) is 0. The summed E-state index contributed by atoms with van der Waals surface area (Å²) in [7, 11) is 1.89. The van der Waals surface area contributed by atoms with Gasteiger partial charge in [0.2, 0.25) is 11.8 Å². The summed E-state index contributed by atoms with van der Waals surface area (Å²) in [6.07, 6.45) is 3.39. The highest BCUT2D eigenvalue weighted by molar-refractivity contribution is 5.27. The topological polar surface area (TPSA) is 77.8 Å². The lowest BCUT2D eigenvalue weighted by atomic mass is 10.5. The molecule has 0 saturated heterocycles. The highest BCUT2D eigenvalue weighted by atomic mass is 16.5. The third kappa shape index (κ3) is 3.16. The van der Waals surface area contributed by atoms with Crippen molar-refractivity contribution in [2.45, 2.75) is 26.5 Å². The molecule has 0 unspecified atom stereocenters. The van der Waals surface area contributed by atoms with Crippen molar-refractivity contribution in [2.24, 2.45) is 7.05 Å². The first-order valence-electron chi connectivity index (χ1n) is 5.71. The van der Waals surface area contributed by atoms with Gasteiger partial charge in [0, 0.05) is 19.3 Å². The molecule has 18 heavy (non-hydrogen) atoms. The molecule has 0 atom stereocenters. The van der Waals surface area contributed by atoms with E-state index >= 15 is 0 Å². The molecule has 2 heterocycles. The lowest BCUT2D eigenvalue weighted by Crippen LogP contribution is -2.10. The molecule has 7 heteroatoms. The second kappa shape index (κ2) is 5.44. The van der Waals surface area contributed by atoms with Gasteiger partial charge < -0.3 is 14.6 Å². The Hall–Kier alpha value is -2.18. The molecule has 2 aromatic rings. The van der Waals surface area contributed by atoms with E-state index in [2.05, 4.69) is 25.5 Å². The molecule has 2 aromatic heterocycles. The first-order chi connectivity index (χ1) is 8.65. The van der Waals surface area contributed by atoms with E-state index in [9.17, 15) is 0 Å². The van der Waals surface area contributed by atoms with Crippen LogP contribution in [-0.2, 0) is 13.6 Å². The summed E-state index contributed by atoms with van der Waals surface area (Å²) in [6, 6.07) is 1.73. The molecule has 0 aliphatic heterocycles. The van der Waals surface area contributed by atoms with Crippen LogP contribution in [0.1, 0.15) is 19.7 Å². The SMILES string of the molecule is CC(C)Oc1ccnc(NCc2nncn2C)n1. The Morgan fingerprint density at radius 1 is 1.44 bits per heavy atom. The van der Waals surface area contributed by atoms with Crippen LogP contribution in [0.4, 0.5) is 5.95 Å². The van der Waals surface area contributed by atoms with Crippen molar-refractivity contribution in [1.82, 2.24) is 24.7 Å². The van der Waals surface area contributed by atoms with E-state index < -0.39 is 0 Å². The molecule has 0 fully saturated rings. The Morgan fingerprint density at radius 3 is 2.94 bits per heavy atom. The zero-order chi connectivity index (χ0) is 13.0. The van der Waals surface area contributed by atoms with Crippen LogP contribution in [-0.4, -0.2) is 30.8 Å². The van der Waals surface area contributed by atoms with Crippen molar-refractivity contribution in [3.05, 3.63) is 24.4 Å². The van der Waals surface area contributed by atoms with E-state index in [4.69, 9.17) is 4.74 Å². The van der Waals surface area contributed by atoms with E-state index in [1.54, 1.807) is 18.6 Å². The van der Waals surface area contributed by atoms with Gasteiger partial charge in [0.25, 0.3) is 0 Å². The number of aryl methyl sites for hydroxylation is 1. The summed E-state index contributed by atoms with van der Waals surface area (Å²) < 4.78 is 7.33. The standard InChI is InChI=1S/C11H16N6O/c1-8(2)18-10-4-5-12-11(15-10)13-6-9-16-14-7-17(9)3/h4-5,7-8H,6H2,1-3H3,(H,12,13,15). The van der Waals surface area contributed by atoms with Crippen LogP contribution in [0.5, 0.6) is 5.88 Å². The zero-order valence-electron chi connectivity index (χ0n) is 10.7. The van der Waals surface area contributed by atoms with E-state index in [0.29, 0.717) is 18.4 Å². The molecule has 1 N–H and O–H groups in total. The second-order valence-electron chi connectivity index (χ2n) is 4.10. The Morgan fingerprint density at radius 2 is 2.28 bits per heavy atom. The Kier molecular flexibility index (Phi) is 3.71. The maximum absolute atomic E-state index is 5.49. The van der Waals surface area contributed by atoms with Gasteiger partial charge in [-0.2, -0.15) is 4.98 Å². The molecule has 7 nitrogen and oxygen atoms in total. The smallest absolute Gasteiger partial charge is 0.226 e. The molecular formula is C11H16N6O. The number of aromatic nitrogens is 5. The molecule has 0 aliphatic carbocycles. The molecule has 0 radical (unpaired) electrons. The molecule has 0 aliphatic rings.